The normalized spacial score (nSPS) is 26.9. The summed E-state index contributed by atoms with van der Waals surface area (Å²) in [6, 6.07) is 2.96. The average molecular weight is 254 g/mol. The number of aromatic nitrogens is 1. The van der Waals surface area contributed by atoms with Crippen molar-refractivity contribution in [3.8, 4) is 0 Å². The zero-order chi connectivity index (χ0) is 17.7. The van der Waals surface area contributed by atoms with Gasteiger partial charge in [-0.05, 0) is 39.3 Å². The van der Waals surface area contributed by atoms with E-state index in [1.807, 2.05) is 27.7 Å². The summed E-state index contributed by atoms with van der Waals surface area (Å²) in [7, 11) is -3.50. The Morgan fingerprint density at radius 2 is 2.00 bits per heavy atom. The number of nitrogens with zero attached hydrogens (tertiary/aromatic N) is 1. The standard InChI is InChI=1S/C13H20BNO3/c1-12(2)13(3,4)18-14(17-12)11-7-6-10(8-15-11)9-16-5/h6-8H,9H2,1-5H3/i5D3,9D2. The maximum Gasteiger partial charge on any atom is 0.514 e. The zero-order valence-corrected chi connectivity index (χ0v) is 11.0. The van der Waals surface area contributed by atoms with Gasteiger partial charge in [0.25, 0.3) is 0 Å². The Hall–Kier alpha value is -0.905. The molecule has 1 aliphatic heterocycles. The van der Waals surface area contributed by atoms with Crippen LogP contribution in [0.5, 0.6) is 0 Å². The van der Waals surface area contributed by atoms with Crippen LogP contribution in [0.15, 0.2) is 18.3 Å². The summed E-state index contributed by atoms with van der Waals surface area (Å²) in [5.41, 5.74) is -0.514. The van der Waals surface area contributed by atoms with E-state index in [2.05, 4.69) is 9.72 Å². The van der Waals surface area contributed by atoms with E-state index in [1.54, 1.807) is 0 Å². The molecular formula is C13H20BNO3. The lowest BCUT2D eigenvalue weighted by molar-refractivity contribution is 0.00578. The highest BCUT2D eigenvalue weighted by Crippen LogP contribution is 2.36. The van der Waals surface area contributed by atoms with Gasteiger partial charge in [0.05, 0.1) is 30.2 Å². The number of hydrogen-bond donors (Lipinski definition) is 0. The molecular weight excluding hydrogens is 229 g/mol. The van der Waals surface area contributed by atoms with Gasteiger partial charge >= 0.3 is 7.12 Å². The van der Waals surface area contributed by atoms with Crippen LogP contribution in [0.25, 0.3) is 0 Å². The van der Waals surface area contributed by atoms with Gasteiger partial charge in [0, 0.05) is 13.2 Å². The molecule has 0 amide bonds. The van der Waals surface area contributed by atoms with E-state index in [0.29, 0.717) is 5.59 Å². The van der Waals surface area contributed by atoms with E-state index in [9.17, 15) is 0 Å². The fraction of sp³-hybridized carbons (Fsp3) is 0.615. The Bertz CT molecular complexity index is 558. The van der Waals surface area contributed by atoms with Crippen molar-refractivity contribution in [2.75, 3.05) is 7.04 Å². The van der Waals surface area contributed by atoms with Crippen LogP contribution in [0.3, 0.4) is 0 Å². The highest BCUT2D eigenvalue weighted by atomic mass is 16.7. The van der Waals surface area contributed by atoms with Crippen molar-refractivity contribution in [1.29, 1.82) is 0 Å². The second-order valence-electron chi connectivity index (χ2n) is 5.26. The molecule has 0 spiro atoms. The van der Waals surface area contributed by atoms with Gasteiger partial charge < -0.3 is 14.0 Å². The number of methoxy groups -OCH3 is 1. The molecule has 1 fully saturated rings. The van der Waals surface area contributed by atoms with Crippen LogP contribution in [-0.2, 0) is 20.6 Å². The van der Waals surface area contributed by atoms with E-state index in [-0.39, 0.29) is 5.56 Å². The van der Waals surface area contributed by atoms with Gasteiger partial charge in [-0.1, -0.05) is 6.07 Å². The van der Waals surface area contributed by atoms with E-state index in [4.69, 9.17) is 16.2 Å². The number of pyridine rings is 1. The van der Waals surface area contributed by atoms with Crippen molar-refractivity contribution in [3.05, 3.63) is 23.9 Å². The van der Waals surface area contributed by atoms with E-state index < -0.39 is 31.9 Å². The Kier molecular flexibility index (Phi) is 2.14. The Morgan fingerprint density at radius 3 is 2.50 bits per heavy atom. The Labute approximate surface area is 116 Å². The van der Waals surface area contributed by atoms with Gasteiger partial charge in [-0.2, -0.15) is 0 Å². The molecule has 5 heteroatoms. The SMILES string of the molecule is [2H]C([2H])([2H])OC([2H])([2H])c1ccc(B2OC(C)(C)C(C)(C)O2)nc1. The van der Waals surface area contributed by atoms with Crippen LogP contribution >= 0.6 is 0 Å². The monoisotopic (exact) mass is 254 g/mol. The first-order chi connectivity index (χ1) is 10.2. The van der Waals surface area contributed by atoms with Crippen LogP contribution < -0.4 is 5.59 Å². The first-order valence-corrected chi connectivity index (χ1v) is 5.76. The number of hydrogen-bond acceptors (Lipinski definition) is 4. The predicted molar refractivity (Wildman–Crippen MR) is 70.7 cm³/mol. The molecule has 0 unspecified atom stereocenters. The maximum absolute atomic E-state index is 7.71. The van der Waals surface area contributed by atoms with Crippen molar-refractivity contribution in [3.63, 3.8) is 0 Å². The fourth-order valence-electron chi connectivity index (χ4n) is 1.63. The molecule has 1 saturated heterocycles. The third kappa shape index (κ3) is 2.43. The van der Waals surface area contributed by atoms with Crippen LogP contribution in [0, 0.1) is 0 Å². The first-order valence-electron chi connectivity index (χ1n) is 8.26. The molecule has 1 aliphatic rings. The van der Waals surface area contributed by atoms with Gasteiger partial charge in [0.15, 0.2) is 0 Å². The summed E-state index contributed by atoms with van der Waals surface area (Å²) < 4.78 is 52.6. The molecule has 0 saturated carbocycles. The van der Waals surface area contributed by atoms with Gasteiger partial charge in [-0.25, -0.2) is 0 Å². The molecule has 0 aliphatic carbocycles. The van der Waals surface area contributed by atoms with Crippen molar-refractivity contribution < 1.29 is 20.9 Å². The van der Waals surface area contributed by atoms with Gasteiger partial charge in [-0.3, -0.25) is 4.98 Å². The van der Waals surface area contributed by atoms with Gasteiger partial charge in [0.1, 0.15) is 0 Å². The molecule has 0 aromatic carbocycles. The average Bonchev–Trinajstić information content (AvgIpc) is 2.56. The lowest BCUT2D eigenvalue weighted by Gasteiger charge is -2.32. The van der Waals surface area contributed by atoms with Crippen molar-refractivity contribution in [1.82, 2.24) is 4.98 Å². The Balaban J connectivity index is 2.18. The van der Waals surface area contributed by atoms with Crippen LogP contribution in [-0.4, -0.2) is 30.3 Å². The second kappa shape index (κ2) is 4.65. The van der Waals surface area contributed by atoms with E-state index in [0.717, 1.165) is 0 Å². The van der Waals surface area contributed by atoms with E-state index in [1.165, 1.54) is 18.3 Å². The molecule has 0 atom stereocenters. The van der Waals surface area contributed by atoms with E-state index >= 15 is 0 Å². The minimum atomic E-state index is -2.84. The molecule has 0 radical (unpaired) electrons. The fourth-order valence-corrected chi connectivity index (χ4v) is 1.63. The molecule has 98 valence electrons. The lowest BCUT2D eigenvalue weighted by Crippen LogP contribution is -2.41. The van der Waals surface area contributed by atoms with Gasteiger partial charge in [-0.15, -0.1) is 0 Å². The smallest absolute Gasteiger partial charge is 0.398 e. The minimum absolute atomic E-state index is 0.00823. The largest absolute Gasteiger partial charge is 0.514 e. The molecule has 0 N–H and O–H groups in total. The quantitative estimate of drug-likeness (QED) is 0.767. The minimum Gasteiger partial charge on any atom is -0.398 e. The van der Waals surface area contributed by atoms with Crippen LogP contribution in [0.2, 0.25) is 0 Å². The highest BCUT2D eigenvalue weighted by molar-refractivity contribution is 6.61. The Morgan fingerprint density at radius 1 is 1.33 bits per heavy atom. The number of ether oxygens (including phenoxy) is 1. The summed E-state index contributed by atoms with van der Waals surface area (Å²) in [6.45, 7) is 5.22. The summed E-state index contributed by atoms with van der Waals surface area (Å²) in [6.07, 6.45) is 1.23. The molecule has 1 aromatic rings. The molecule has 1 aromatic heterocycles. The lowest BCUT2D eigenvalue weighted by atomic mass is 9.84. The van der Waals surface area contributed by atoms with Gasteiger partial charge in [0.2, 0.25) is 0 Å². The second-order valence-corrected chi connectivity index (χ2v) is 5.26. The molecule has 2 rings (SSSR count). The van der Waals surface area contributed by atoms with Crippen LogP contribution in [0.1, 0.15) is 40.1 Å². The zero-order valence-electron chi connectivity index (χ0n) is 16.0. The van der Waals surface area contributed by atoms with Crippen molar-refractivity contribution in [2.24, 2.45) is 0 Å². The molecule has 18 heavy (non-hydrogen) atoms. The van der Waals surface area contributed by atoms with Crippen molar-refractivity contribution >= 4 is 12.7 Å². The van der Waals surface area contributed by atoms with Crippen LogP contribution in [0.4, 0.5) is 0 Å². The topological polar surface area (TPSA) is 40.6 Å². The first kappa shape index (κ1) is 8.30. The third-order valence-corrected chi connectivity index (χ3v) is 3.45. The summed E-state index contributed by atoms with van der Waals surface area (Å²) >= 11 is 0. The predicted octanol–water partition coefficient (Wildman–Crippen LogP) is 1.53. The highest BCUT2D eigenvalue weighted by Gasteiger charge is 2.52. The maximum atomic E-state index is 7.71. The summed E-state index contributed by atoms with van der Waals surface area (Å²) in [5, 5.41) is 0. The summed E-state index contributed by atoms with van der Waals surface area (Å²) in [4.78, 5) is 4.13. The number of rotatable bonds is 3. The molecule has 4 nitrogen and oxygen atoms in total. The summed E-state index contributed by atoms with van der Waals surface area (Å²) in [5.74, 6) is 0. The van der Waals surface area contributed by atoms with Crippen molar-refractivity contribution in [2.45, 2.75) is 45.5 Å². The third-order valence-electron chi connectivity index (χ3n) is 3.45. The molecule has 2 heterocycles. The molecule has 0 bridgehead atoms.